The standard InChI is InChI=1S/C27H33N3O3/c1-33-24-10-6-5-9-22(24)20-28-15-17-30(18-16-28)26(32)23-19-27(23)11-13-29(14-12-27)25(31)21-7-3-2-4-8-21/h2-10,23H,11-20H2,1H3/t23-/m0/s1. The Balaban J connectivity index is 1.10. The molecule has 2 aromatic rings. The van der Waals surface area contributed by atoms with Crippen molar-refractivity contribution in [1.29, 1.82) is 0 Å². The maximum Gasteiger partial charge on any atom is 0.253 e. The number of amides is 2. The van der Waals surface area contributed by atoms with Gasteiger partial charge in [-0.1, -0.05) is 36.4 Å². The van der Waals surface area contributed by atoms with Crippen molar-refractivity contribution in [2.75, 3.05) is 46.4 Å². The van der Waals surface area contributed by atoms with Gasteiger partial charge in [-0.3, -0.25) is 14.5 Å². The van der Waals surface area contributed by atoms with E-state index in [1.54, 1.807) is 7.11 Å². The highest BCUT2D eigenvalue weighted by molar-refractivity contribution is 5.94. The van der Waals surface area contributed by atoms with Gasteiger partial charge in [0.05, 0.1) is 7.11 Å². The third kappa shape index (κ3) is 4.49. The summed E-state index contributed by atoms with van der Waals surface area (Å²) in [5.41, 5.74) is 2.07. The second kappa shape index (κ2) is 9.18. The summed E-state index contributed by atoms with van der Waals surface area (Å²) in [5.74, 6) is 1.51. The van der Waals surface area contributed by atoms with E-state index in [4.69, 9.17) is 4.74 Å². The van der Waals surface area contributed by atoms with Crippen LogP contribution in [0.4, 0.5) is 0 Å². The zero-order valence-electron chi connectivity index (χ0n) is 19.4. The van der Waals surface area contributed by atoms with E-state index >= 15 is 0 Å². The molecule has 2 aliphatic heterocycles. The summed E-state index contributed by atoms with van der Waals surface area (Å²) in [5, 5.41) is 0. The maximum atomic E-state index is 13.2. The number of piperidine rings is 1. The number of rotatable bonds is 5. The van der Waals surface area contributed by atoms with Crippen LogP contribution in [-0.2, 0) is 11.3 Å². The Labute approximate surface area is 196 Å². The molecule has 0 radical (unpaired) electrons. The maximum absolute atomic E-state index is 13.2. The molecule has 5 rings (SSSR count). The van der Waals surface area contributed by atoms with Gasteiger partial charge in [0, 0.05) is 62.9 Å². The zero-order chi connectivity index (χ0) is 22.8. The first kappa shape index (κ1) is 22.0. The summed E-state index contributed by atoms with van der Waals surface area (Å²) in [7, 11) is 1.71. The molecule has 1 saturated carbocycles. The van der Waals surface area contributed by atoms with E-state index in [2.05, 4.69) is 15.9 Å². The molecule has 2 heterocycles. The Bertz CT molecular complexity index is 993. The molecule has 0 unspecified atom stereocenters. The molecule has 174 valence electrons. The highest BCUT2D eigenvalue weighted by atomic mass is 16.5. The van der Waals surface area contributed by atoms with E-state index in [1.165, 1.54) is 5.56 Å². The van der Waals surface area contributed by atoms with Gasteiger partial charge in [0.1, 0.15) is 5.75 Å². The van der Waals surface area contributed by atoms with Crippen LogP contribution in [-0.4, -0.2) is 72.9 Å². The van der Waals surface area contributed by atoms with Crippen molar-refractivity contribution in [3.8, 4) is 5.75 Å². The Morgan fingerprint density at radius 1 is 0.879 bits per heavy atom. The topological polar surface area (TPSA) is 53.1 Å². The van der Waals surface area contributed by atoms with Crippen molar-refractivity contribution in [2.24, 2.45) is 11.3 Å². The van der Waals surface area contributed by atoms with Gasteiger partial charge in [-0.05, 0) is 42.9 Å². The lowest BCUT2D eigenvalue weighted by Crippen LogP contribution is -2.49. The molecule has 6 nitrogen and oxygen atoms in total. The summed E-state index contributed by atoms with van der Waals surface area (Å²) >= 11 is 0. The van der Waals surface area contributed by atoms with Crippen molar-refractivity contribution >= 4 is 11.8 Å². The Kier molecular flexibility index (Phi) is 6.11. The molecule has 1 atom stereocenters. The van der Waals surface area contributed by atoms with E-state index in [1.807, 2.05) is 53.4 Å². The van der Waals surface area contributed by atoms with Gasteiger partial charge in [0.25, 0.3) is 5.91 Å². The monoisotopic (exact) mass is 447 g/mol. The number of hydrogen-bond acceptors (Lipinski definition) is 4. The summed E-state index contributed by atoms with van der Waals surface area (Å²) in [6, 6.07) is 17.7. The lowest BCUT2D eigenvalue weighted by molar-refractivity contribution is -0.135. The van der Waals surface area contributed by atoms with Crippen molar-refractivity contribution in [2.45, 2.75) is 25.8 Å². The number of hydrogen-bond donors (Lipinski definition) is 0. The highest BCUT2D eigenvalue weighted by Crippen LogP contribution is 2.60. The van der Waals surface area contributed by atoms with E-state index < -0.39 is 0 Å². The molecular formula is C27H33N3O3. The number of likely N-dealkylation sites (tertiary alicyclic amines) is 1. The fourth-order valence-corrected chi connectivity index (χ4v) is 5.59. The molecule has 6 heteroatoms. The summed E-state index contributed by atoms with van der Waals surface area (Å²) in [6.45, 7) is 5.73. The first-order chi connectivity index (χ1) is 16.1. The Morgan fingerprint density at radius 2 is 1.55 bits per heavy atom. The van der Waals surface area contributed by atoms with Crippen LogP contribution in [0, 0.1) is 11.3 Å². The van der Waals surface area contributed by atoms with Crippen LogP contribution < -0.4 is 4.74 Å². The first-order valence-corrected chi connectivity index (χ1v) is 12.1. The fraction of sp³-hybridized carbons (Fsp3) is 0.481. The van der Waals surface area contributed by atoms with E-state index in [0.717, 1.165) is 76.4 Å². The van der Waals surface area contributed by atoms with E-state index in [0.29, 0.717) is 5.91 Å². The number of carbonyl (C=O) groups excluding carboxylic acids is 2. The van der Waals surface area contributed by atoms with Gasteiger partial charge >= 0.3 is 0 Å². The quantitative estimate of drug-likeness (QED) is 0.706. The number of piperazine rings is 1. The smallest absolute Gasteiger partial charge is 0.253 e. The molecule has 0 aromatic heterocycles. The average Bonchev–Trinajstić information content (AvgIpc) is 3.58. The lowest BCUT2D eigenvalue weighted by atomic mass is 9.90. The molecule has 1 aliphatic carbocycles. The predicted molar refractivity (Wildman–Crippen MR) is 127 cm³/mol. The molecule has 2 aromatic carbocycles. The number of benzene rings is 2. The van der Waals surface area contributed by atoms with Crippen LogP contribution in [0.15, 0.2) is 54.6 Å². The van der Waals surface area contributed by atoms with Crippen molar-refractivity contribution in [1.82, 2.24) is 14.7 Å². The van der Waals surface area contributed by atoms with E-state index in [9.17, 15) is 9.59 Å². The summed E-state index contributed by atoms with van der Waals surface area (Å²) in [4.78, 5) is 32.4. The van der Waals surface area contributed by atoms with Crippen LogP contribution in [0.25, 0.3) is 0 Å². The van der Waals surface area contributed by atoms with E-state index in [-0.39, 0.29) is 17.2 Å². The lowest BCUT2D eigenvalue weighted by Gasteiger charge is -2.36. The molecule has 0 bridgehead atoms. The molecule has 1 spiro atoms. The van der Waals surface area contributed by atoms with Crippen LogP contribution in [0.1, 0.15) is 35.2 Å². The van der Waals surface area contributed by atoms with Gasteiger partial charge in [0.15, 0.2) is 0 Å². The van der Waals surface area contributed by atoms with Crippen LogP contribution in [0.5, 0.6) is 5.75 Å². The third-order valence-corrected chi connectivity index (χ3v) is 7.83. The number of ether oxygens (including phenoxy) is 1. The van der Waals surface area contributed by atoms with Crippen molar-refractivity contribution < 1.29 is 14.3 Å². The highest BCUT2D eigenvalue weighted by Gasteiger charge is 2.59. The number of methoxy groups -OCH3 is 1. The molecule has 3 aliphatic rings. The SMILES string of the molecule is COc1ccccc1CN1CCN(C(=O)[C@@H]2CC23CCN(C(=O)c2ccccc2)CC3)CC1. The van der Waals surface area contributed by atoms with Crippen LogP contribution >= 0.6 is 0 Å². The first-order valence-electron chi connectivity index (χ1n) is 12.1. The molecule has 2 saturated heterocycles. The molecule has 3 fully saturated rings. The normalized spacial score (nSPS) is 22.3. The van der Waals surface area contributed by atoms with Gasteiger partial charge in [0.2, 0.25) is 5.91 Å². The minimum Gasteiger partial charge on any atom is -0.496 e. The molecule has 33 heavy (non-hydrogen) atoms. The number of para-hydroxylation sites is 1. The zero-order valence-corrected chi connectivity index (χ0v) is 19.4. The van der Waals surface area contributed by atoms with Crippen LogP contribution in [0.2, 0.25) is 0 Å². The average molecular weight is 448 g/mol. The molecule has 0 N–H and O–H groups in total. The predicted octanol–water partition coefficient (Wildman–Crippen LogP) is 3.28. The molecular weight excluding hydrogens is 414 g/mol. The number of nitrogens with zero attached hydrogens (tertiary/aromatic N) is 3. The third-order valence-electron chi connectivity index (χ3n) is 7.83. The Morgan fingerprint density at radius 3 is 2.24 bits per heavy atom. The van der Waals surface area contributed by atoms with Gasteiger partial charge in [-0.25, -0.2) is 0 Å². The Hall–Kier alpha value is -2.86. The second-order valence-corrected chi connectivity index (χ2v) is 9.69. The fourth-order valence-electron chi connectivity index (χ4n) is 5.59. The molecule has 2 amide bonds. The number of carbonyl (C=O) groups is 2. The second-order valence-electron chi connectivity index (χ2n) is 9.69. The summed E-state index contributed by atoms with van der Waals surface area (Å²) < 4.78 is 5.48. The van der Waals surface area contributed by atoms with Crippen molar-refractivity contribution in [3.05, 3.63) is 65.7 Å². The summed E-state index contributed by atoms with van der Waals surface area (Å²) in [6.07, 6.45) is 2.87. The minimum atomic E-state index is 0.111. The van der Waals surface area contributed by atoms with Crippen LogP contribution in [0.3, 0.4) is 0 Å². The minimum absolute atomic E-state index is 0.111. The largest absolute Gasteiger partial charge is 0.496 e. The van der Waals surface area contributed by atoms with Crippen molar-refractivity contribution in [3.63, 3.8) is 0 Å². The van der Waals surface area contributed by atoms with Gasteiger partial charge < -0.3 is 14.5 Å². The van der Waals surface area contributed by atoms with Gasteiger partial charge in [-0.2, -0.15) is 0 Å². The van der Waals surface area contributed by atoms with Gasteiger partial charge in [-0.15, -0.1) is 0 Å².